The molecule has 2 bridgehead atoms. The Morgan fingerprint density at radius 3 is 2.44 bits per heavy atom. The summed E-state index contributed by atoms with van der Waals surface area (Å²) in [6, 6.07) is 8.96. The van der Waals surface area contributed by atoms with Crippen LogP contribution in [0.25, 0.3) is 5.57 Å². The Morgan fingerprint density at radius 2 is 1.88 bits per heavy atom. The van der Waals surface area contributed by atoms with Crippen molar-refractivity contribution >= 4 is 11.6 Å². The first-order valence-electron chi connectivity index (χ1n) is 9.09. The van der Waals surface area contributed by atoms with E-state index in [0.717, 1.165) is 24.1 Å². The van der Waals surface area contributed by atoms with Gasteiger partial charge in [0.15, 0.2) is 0 Å². The lowest BCUT2D eigenvalue weighted by atomic mass is 9.94. The van der Waals surface area contributed by atoms with Gasteiger partial charge in [0.05, 0.1) is 11.6 Å². The Bertz CT molecular complexity index is 739. The maximum absolute atomic E-state index is 13.1. The number of benzene rings is 1. The van der Waals surface area contributed by atoms with Gasteiger partial charge in [0.2, 0.25) is 0 Å². The van der Waals surface area contributed by atoms with Crippen LogP contribution in [0.5, 0.6) is 0 Å². The number of urea groups is 1. The number of hydrogen-bond donors (Lipinski definition) is 0. The SMILES string of the molecule is N#CC(=C1CCN(C(=O)N2C[C@@H]3CC[C@@H]2C3)CC1)c1ccc(F)cc1. The number of halogens is 1. The van der Waals surface area contributed by atoms with Crippen LogP contribution in [0.1, 0.15) is 37.7 Å². The molecule has 4 rings (SSSR count). The standard InChI is InChI=1S/C20H22FN3O/c21-17-4-2-15(3-5-17)19(12-22)16-7-9-23(10-8-16)20(25)24-13-14-1-6-18(24)11-14/h2-5,14,18H,1,6-11,13H2/t14-,18-/m1/s1. The summed E-state index contributed by atoms with van der Waals surface area (Å²) in [4.78, 5) is 16.8. The van der Waals surface area contributed by atoms with E-state index in [1.807, 2.05) is 4.90 Å². The second-order valence-corrected chi connectivity index (χ2v) is 7.35. The Kier molecular flexibility index (Phi) is 4.20. The first-order chi connectivity index (χ1) is 12.2. The van der Waals surface area contributed by atoms with Crippen molar-refractivity contribution in [2.45, 2.75) is 38.1 Å². The fourth-order valence-corrected chi connectivity index (χ4v) is 4.52. The number of likely N-dealkylation sites (tertiary alicyclic amines) is 2. The molecule has 1 aromatic rings. The van der Waals surface area contributed by atoms with Crippen molar-refractivity contribution in [2.75, 3.05) is 19.6 Å². The van der Waals surface area contributed by atoms with Crippen molar-refractivity contribution in [3.63, 3.8) is 0 Å². The van der Waals surface area contributed by atoms with Gasteiger partial charge >= 0.3 is 6.03 Å². The molecule has 2 amide bonds. The summed E-state index contributed by atoms with van der Waals surface area (Å²) in [7, 11) is 0. The maximum atomic E-state index is 13.1. The van der Waals surface area contributed by atoms with Gasteiger partial charge < -0.3 is 9.80 Å². The number of amides is 2. The highest BCUT2D eigenvalue weighted by atomic mass is 19.1. The highest BCUT2D eigenvalue weighted by Crippen LogP contribution is 2.38. The molecule has 0 spiro atoms. The third kappa shape index (κ3) is 3.02. The van der Waals surface area contributed by atoms with Crippen LogP contribution in [0.3, 0.4) is 0 Å². The topological polar surface area (TPSA) is 47.3 Å². The molecule has 2 heterocycles. The quantitative estimate of drug-likeness (QED) is 0.731. The normalized spacial score (nSPS) is 25.2. The van der Waals surface area contributed by atoms with Crippen molar-refractivity contribution in [3.05, 3.63) is 41.2 Å². The largest absolute Gasteiger partial charge is 0.324 e. The van der Waals surface area contributed by atoms with Crippen LogP contribution in [0.15, 0.2) is 29.8 Å². The van der Waals surface area contributed by atoms with Crippen LogP contribution in [0.4, 0.5) is 9.18 Å². The molecule has 0 unspecified atom stereocenters. The van der Waals surface area contributed by atoms with Gasteiger partial charge in [-0.1, -0.05) is 12.1 Å². The first-order valence-corrected chi connectivity index (χ1v) is 9.09. The summed E-state index contributed by atoms with van der Waals surface area (Å²) >= 11 is 0. The lowest BCUT2D eigenvalue weighted by molar-refractivity contribution is 0.135. The van der Waals surface area contributed by atoms with Crippen LogP contribution in [0, 0.1) is 23.1 Å². The first kappa shape index (κ1) is 16.1. The number of carbonyl (C=O) groups is 1. The molecular formula is C20H22FN3O. The highest BCUT2D eigenvalue weighted by Gasteiger charge is 2.41. The maximum Gasteiger partial charge on any atom is 0.320 e. The zero-order chi connectivity index (χ0) is 17.4. The minimum Gasteiger partial charge on any atom is -0.324 e. The Morgan fingerprint density at radius 1 is 1.16 bits per heavy atom. The predicted octanol–water partition coefficient (Wildman–Crippen LogP) is 3.80. The van der Waals surface area contributed by atoms with Crippen molar-refractivity contribution in [3.8, 4) is 6.07 Å². The van der Waals surface area contributed by atoms with Crippen molar-refractivity contribution in [1.82, 2.24) is 9.80 Å². The van der Waals surface area contributed by atoms with Crippen molar-refractivity contribution in [1.29, 1.82) is 5.26 Å². The molecule has 2 saturated heterocycles. The van der Waals surface area contributed by atoms with Gasteiger partial charge in [-0.05, 0) is 61.3 Å². The monoisotopic (exact) mass is 339 g/mol. The van der Waals surface area contributed by atoms with E-state index < -0.39 is 0 Å². The summed E-state index contributed by atoms with van der Waals surface area (Å²) in [5.74, 6) is 0.407. The van der Waals surface area contributed by atoms with E-state index in [9.17, 15) is 14.4 Å². The summed E-state index contributed by atoms with van der Waals surface area (Å²) in [6.45, 7) is 2.24. The van der Waals surface area contributed by atoms with E-state index in [2.05, 4.69) is 11.0 Å². The molecule has 1 aliphatic carbocycles. The van der Waals surface area contributed by atoms with Crippen LogP contribution >= 0.6 is 0 Å². The molecule has 25 heavy (non-hydrogen) atoms. The van der Waals surface area contributed by atoms with Crippen molar-refractivity contribution in [2.24, 2.45) is 5.92 Å². The second-order valence-electron chi connectivity index (χ2n) is 7.35. The molecular weight excluding hydrogens is 317 g/mol. The lowest BCUT2D eigenvalue weighted by Gasteiger charge is -2.36. The zero-order valence-electron chi connectivity index (χ0n) is 14.2. The number of hydrogen-bond acceptors (Lipinski definition) is 2. The van der Waals surface area contributed by atoms with Gasteiger partial charge in [-0.25, -0.2) is 9.18 Å². The molecule has 1 saturated carbocycles. The van der Waals surface area contributed by atoms with E-state index in [4.69, 9.17) is 0 Å². The average molecular weight is 339 g/mol. The highest BCUT2D eigenvalue weighted by molar-refractivity contribution is 5.80. The van der Waals surface area contributed by atoms with E-state index in [0.29, 0.717) is 43.5 Å². The summed E-state index contributed by atoms with van der Waals surface area (Å²) in [5.41, 5.74) is 2.46. The molecule has 0 aromatic heterocycles. The Hall–Kier alpha value is -2.35. The number of allylic oxidation sites excluding steroid dienone is 1. The molecule has 5 heteroatoms. The number of nitrogens with zero attached hydrogens (tertiary/aromatic N) is 3. The summed E-state index contributed by atoms with van der Waals surface area (Å²) in [6.07, 6.45) is 5.03. The van der Waals surface area contributed by atoms with Gasteiger partial charge in [-0.2, -0.15) is 5.26 Å². The van der Waals surface area contributed by atoms with Crippen LogP contribution in [-0.4, -0.2) is 41.5 Å². The van der Waals surface area contributed by atoms with Gasteiger partial charge in [0, 0.05) is 25.7 Å². The minimum atomic E-state index is -0.300. The fraction of sp³-hybridized carbons (Fsp3) is 0.500. The smallest absolute Gasteiger partial charge is 0.320 e. The van der Waals surface area contributed by atoms with E-state index in [1.54, 1.807) is 12.1 Å². The average Bonchev–Trinajstić information content (AvgIpc) is 3.27. The number of piperidine rings is 2. The molecule has 3 fully saturated rings. The fourth-order valence-electron chi connectivity index (χ4n) is 4.52. The van der Waals surface area contributed by atoms with Crippen LogP contribution < -0.4 is 0 Å². The minimum absolute atomic E-state index is 0.173. The Balaban J connectivity index is 1.44. The predicted molar refractivity (Wildman–Crippen MR) is 93.0 cm³/mol. The second kappa shape index (κ2) is 6.51. The molecule has 4 nitrogen and oxygen atoms in total. The van der Waals surface area contributed by atoms with E-state index in [1.165, 1.54) is 25.0 Å². The van der Waals surface area contributed by atoms with Crippen LogP contribution in [0.2, 0.25) is 0 Å². The Labute approximate surface area is 147 Å². The zero-order valence-corrected chi connectivity index (χ0v) is 14.2. The molecule has 0 N–H and O–H groups in total. The number of rotatable bonds is 1. The van der Waals surface area contributed by atoms with Gasteiger partial charge in [-0.3, -0.25) is 0 Å². The molecule has 2 aliphatic heterocycles. The van der Waals surface area contributed by atoms with E-state index >= 15 is 0 Å². The molecule has 3 aliphatic rings. The van der Waals surface area contributed by atoms with Crippen LogP contribution in [-0.2, 0) is 0 Å². The third-order valence-electron chi connectivity index (χ3n) is 5.89. The van der Waals surface area contributed by atoms with Crippen molar-refractivity contribution < 1.29 is 9.18 Å². The number of nitriles is 1. The molecule has 0 radical (unpaired) electrons. The van der Waals surface area contributed by atoms with E-state index in [-0.39, 0.29) is 11.8 Å². The molecule has 1 aromatic carbocycles. The van der Waals surface area contributed by atoms with Gasteiger partial charge in [0.1, 0.15) is 5.82 Å². The number of carbonyl (C=O) groups excluding carboxylic acids is 1. The van der Waals surface area contributed by atoms with Gasteiger partial charge in [-0.15, -0.1) is 0 Å². The third-order valence-corrected chi connectivity index (χ3v) is 5.89. The molecule has 2 atom stereocenters. The summed E-state index contributed by atoms with van der Waals surface area (Å²) < 4.78 is 13.1. The van der Waals surface area contributed by atoms with Gasteiger partial charge in [0.25, 0.3) is 0 Å². The number of fused-ring (bicyclic) bond motifs is 2. The lowest BCUT2D eigenvalue weighted by Crippen LogP contribution is -2.48. The molecule has 130 valence electrons. The summed E-state index contributed by atoms with van der Waals surface area (Å²) in [5, 5.41) is 9.53.